The molecule has 6 nitrogen and oxygen atoms in total. The Morgan fingerprint density at radius 3 is 3.04 bits per heavy atom. The molecule has 0 saturated carbocycles. The molecule has 0 radical (unpaired) electrons. The summed E-state index contributed by atoms with van der Waals surface area (Å²) in [6.45, 7) is 1.52. The average Bonchev–Trinajstić information content (AvgIpc) is 3.08. The lowest BCUT2D eigenvalue weighted by molar-refractivity contribution is 0.0593. The minimum Gasteiger partial charge on any atom is -0.336 e. The van der Waals surface area contributed by atoms with Crippen LogP contribution in [0.25, 0.3) is 0 Å². The van der Waals surface area contributed by atoms with Crippen molar-refractivity contribution in [3.63, 3.8) is 0 Å². The molecule has 0 aromatic carbocycles. The van der Waals surface area contributed by atoms with Gasteiger partial charge in [-0.2, -0.15) is 5.10 Å². The van der Waals surface area contributed by atoms with E-state index in [9.17, 15) is 9.59 Å². The van der Waals surface area contributed by atoms with E-state index in [0.29, 0.717) is 5.56 Å². The van der Waals surface area contributed by atoms with Crippen LogP contribution in [0.5, 0.6) is 0 Å². The van der Waals surface area contributed by atoms with Crippen molar-refractivity contribution >= 4 is 17.5 Å². The summed E-state index contributed by atoms with van der Waals surface area (Å²) < 4.78 is 1.88. The molecule has 0 unspecified atom stereocenters. The van der Waals surface area contributed by atoms with Crippen LogP contribution in [0.15, 0.2) is 35.5 Å². The van der Waals surface area contributed by atoms with Crippen molar-refractivity contribution in [1.82, 2.24) is 19.7 Å². The van der Waals surface area contributed by atoms with E-state index in [1.807, 2.05) is 21.8 Å². The van der Waals surface area contributed by atoms with Gasteiger partial charge in [-0.15, -0.1) is 0 Å². The van der Waals surface area contributed by atoms with Crippen molar-refractivity contribution in [3.8, 4) is 0 Å². The molecule has 1 saturated heterocycles. The highest BCUT2D eigenvalue weighted by Crippen LogP contribution is 2.22. The van der Waals surface area contributed by atoms with E-state index in [4.69, 9.17) is 11.6 Å². The largest absolute Gasteiger partial charge is 0.336 e. The third kappa shape index (κ3) is 3.64. The molecule has 7 heteroatoms. The Morgan fingerprint density at radius 1 is 1.43 bits per heavy atom. The molecule has 122 valence electrons. The molecule has 0 bridgehead atoms. The van der Waals surface area contributed by atoms with E-state index in [-0.39, 0.29) is 22.5 Å². The van der Waals surface area contributed by atoms with E-state index in [1.54, 1.807) is 6.20 Å². The number of likely N-dealkylation sites (tertiary alicyclic amines) is 1. The Bertz CT molecular complexity index is 726. The van der Waals surface area contributed by atoms with Crippen LogP contribution in [0, 0.1) is 0 Å². The van der Waals surface area contributed by atoms with Crippen LogP contribution >= 0.6 is 11.6 Å². The predicted molar refractivity (Wildman–Crippen MR) is 87.6 cm³/mol. The number of aromatic amines is 1. The number of carbonyl (C=O) groups is 1. The van der Waals surface area contributed by atoms with Crippen molar-refractivity contribution in [2.24, 2.45) is 0 Å². The molecule has 1 amide bonds. The zero-order valence-corrected chi connectivity index (χ0v) is 13.5. The summed E-state index contributed by atoms with van der Waals surface area (Å²) in [6.07, 6.45) is 9.11. The second-order valence-corrected chi connectivity index (χ2v) is 6.18. The molecule has 2 aromatic rings. The summed E-state index contributed by atoms with van der Waals surface area (Å²) in [5.41, 5.74) is 0.0534. The number of pyridine rings is 1. The standard InChI is InChI=1S/C16H19ClN4O2/c17-14-10-12(11-18-15(14)22)16(23)21-8-2-1-4-13(21)5-9-20-7-3-6-19-20/h3,6-7,10-11,13H,1-2,4-5,8-9H2,(H,18,22)/t13-/m1/s1. The van der Waals surface area contributed by atoms with Gasteiger partial charge in [0.1, 0.15) is 5.02 Å². The van der Waals surface area contributed by atoms with Crippen molar-refractivity contribution in [3.05, 3.63) is 51.7 Å². The quantitative estimate of drug-likeness (QED) is 0.932. The lowest BCUT2D eigenvalue weighted by Gasteiger charge is -2.36. The topological polar surface area (TPSA) is 71.0 Å². The molecule has 0 aliphatic carbocycles. The van der Waals surface area contributed by atoms with Gasteiger partial charge >= 0.3 is 0 Å². The maximum absolute atomic E-state index is 12.8. The van der Waals surface area contributed by atoms with Crippen LogP contribution in [0.2, 0.25) is 5.02 Å². The second kappa shape index (κ2) is 7.00. The zero-order valence-electron chi connectivity index (χ0n) is 12.7. The normalized spacial score (nSPS) is 18.1. The van der Waals surface area contributed by atoms with E-state index >= 15 is 0 Å². The van der Waals surface area contributed by atoms with Gasteiger partial charge in [0.05, 0.1) is 5.56 Å². The number of halogens is 1. The fraction of sp³-hybridized carbons (Fsp3) is 0.438. The van der Waals surface area contributed by atoms with Gasteiger partial charge in [0.25, 0.3) is 11.5 Å². The highest BCUT2D eigenvalue weighted by atomic mass is 35.5. The lowest BCUT2D eigenvalue weighted by Crippen LogP contribution is -2.44. The maximum Gasteiger partial charge on any atom is 0.266 e. The fourth-order valence-corrected chi connectivity index (χ4v) is 3.20. The number of H-pyrrole nitrogens is 1. The minimum absolute atomic E-state index is 0.0425. The Balaban J connectivity index is 1.73. The second-order valence-electron chi connectivity index (χ2n) is 5.77. The van der Waals surface area contributed by atoms with Crippen molar-refractivity contribution in [2.75, 3.05) is 6.54 Å². The summed E-state index contributed by atoms with van der Waals surface area (Å²) in [4.78, 5) is 28.5. The number of aryl methyl sites for hydroxylation is 1. The zero-order chi connectivity index (χ0) is 16.2. The van der Waals surface area contributed by atoms with Gasteiger partial charge in [0.2, 0.25) is 0 Å². The molecular formula is C16H19ClN4O2. The van der Waals surface area contributed by atoms with Crippen LogP contribution in [0.4, 0.5) is 0 Å². The molecule has 1 aliphatic heterocycles. The Labute approximate surface area is 139 Å². The maximum atomic E-state index is 12.8. The van der Waals surface area contributed by atoms with Crippen LogP contribution in [-0.2, 0) is 6.54 Å². The molecule has 23 heavy (non-hydrogen) atoms. The highest BCUT2D eigenvalue weighted by Gasteiger charge is 2.27. The van der Waals surface area contributed by atoms with Crippen LogP contribution in [0.1, 0.15) is 36.0 Å². The summed E-state index contributed by atoms with van der Waals surface area (Å²) in [7, 11) is 0. The first-order chi connectivity index (χ1) is 11.1. The van der Waals surface area contributed by atoms with Crippen molar-refractivity contribution in [1.29, 1.82) is 0 Å². The fourth-order valence-electron chi connectivity index (χ4n) is 3.03. The number of hydrogen-bond acceptors (Lipinski definition) is 3. The minimum atomic E-state index is -0.378. The third-order valence-electron chi connectivity index (χ3n) is 4.24. The molecule has 3 rings (SSSR count). The van der Waals surface area contributed by atoms with Crippen LogP contribution < -0.4 is 5.56 Å². The van der Waals surface area contributed by atoms with Gasteiger partial charge in [0.15, 0.2) is 0 Å². The van der Waals surface area contributed by atoms with E-state index in [2.05, 4.69) is 10.1 Å². The number of nitrogens with one attached hydrogen (secondary N) is 1. The lowest BCUT2D eigenvalue weighted by atomic mass is 9.98. The molecule has 1 atom stereocenters. The summed E-state index contributed by atoms with van der Waals surface area (Å²) >= 11 is 5.84. The molecule has 1 N–H and O–H groups in total. The molecular weight excluding hydrogens is 316 g/mol. The van der Waals surface area contributed by atoms with Gasteiger partial charge in [-0.05, 0) is 37.8 Å². The molecule has 1 aliphatic rings. The molecule has 0 spiro atoms. The van der Waals surface area contributed by atoms with Crippen molar-refractivity contribution in [2.45, 2.75) is 38.3 Å². The number of nitrogens with zero attached hydrogens (tertiary/aromatic N) is 3. The van der Waals surface area contributed by atoms with Crippen molar-refractivity contribution < 1.29 is 4.79 Å². The summed E-state index contributed by atoms with van der Waals surface area (Å²) in [5, 5.41) is 4.25. The first-order valence-electron chi connectivity index (χ1n) is 7.82. The van der Waals surface area contributed by atoms with Gasteiger partial charge in [-0.1, -0.05) is 11.6 Å². The van der Waals surface area contributed by atoms with Gasteiger partial charge in [-0.25, -0.2) is 0 Å². The Morgan fingerprint density at radius 2 is 2.30 bits per heavy atom. The summed E-state index contributed by atoms with van der Waals surface area (Å²) in [5.74, 6) is -0.0756. The first kappa shape index (κ1) is 15.8. The molecule has 1 fully saturated rings. The molecule has 2 aromatic heterocycles. The first-order valence-corrected chi connectivity index (χ1v) is 8.19. The van der Waals surface area contributed by atoms with E-state index < -0.39 is 0 Å². The van der Waals surface area contributed by atoms with E-state index in [1.165, 1.54) is 12.3 Å². The van der Waals surface area contributed by atoms with Crippen LogP contribution in [-0.4, -0.2) is 38.2 Å². The predicted octanol–water partition coefficient (Wildman–Crippen LogP) is 2.31. The number of amides is 1. The molecule has 3 heterocycles. The SMILES string of the molecule is O=C(c1c[nH]c(=O)c(Cl)c1)N1CCCC[C@@H]1CCn1cccn1. The number of carbonyl (C=O) groups excluding carboxylic acids is 1. The average molecular weight is 335 g/mol. The van der Waals surface area contributed by atoms with Gasteiger partial charge in [0, 0.05) is 37.7 Å². The summed E-state index contributed by atoms with van der Waals surface area (Å²) in [6, 6.07) is 3.53. The van der Waals surface area contributed by atoms with Gasteiger partial charge in [-0.3, -0.25) is 14.3 Å². The van der Waals surface area contributed by atoms with Gasteiger partial charge < -0.3 is 9.88 Å². The highest BCUT2D eigenvalue weighted by molar-refractivity contribution is 6.30. The Kier molecular flexibility index (Phi) is 4.81. The monoisotopic (exact) mass is 334 g/mol. The number of hydrogen-bond donors (Lipinski definition) is 1. The van der Waals surface area contributed by atoms with Crippen LogP contribution in [0.3, 0.4) is 0 Å². The number of rotatable bonds is 4. The van der Waals surface area contributed by atoms with E-state index in [0.717, 1.165) is 38.8 Å². The number of aromatic nitrogens is 3. The third-order valence-corrected chi connectivity index (χ3v) is 4.52. The number of piperidine rings is 1. The smallest absolute Gasteiger partial charge is 0.266 e. The Hall–Kier alpha value is -2.08.